The van der Waals surface area contributed by atoms with Gasteiger partial charge in [0, 0.05) is 25.6 Å². The summed E-state index contributed by atoms with van der Waals surface area (Å²) in [6.45, 7) is 0.216. The third kappa shape index (κ3) is 5.47. The Hall–Kier alpha value is -2.90. The summed E-state index contributed by atoms with van der Waals surface area (Å²) in [5, 5.41) is 9.10. The van der Waals surface area contributed by atoms with Gasteiger partial charge in [-0.1, -0.05) is 36.4 Å². The monoisotopic (exact) mass is 465 g/mol. The molecule has 3 rings (SSSR count). The van der Waals surface area contributed by atoms with Crippen molar-refractivity contribution in [1.82, 2.24) is 9.21 Å². The lowest BCUT2D eigenvalue weighted by Gasteiger charge is -2.33. The standard InChI is InChI=1S/C22H22F3N3O3S/c23-22(24,25)19-7-4-8-20(15-19)32(30,31)28-12-9-18(10-13-28)21(29)27(14-11-26)16-17-5-2-1-3-6-17/h1-8,15,18H,9-10,12-14,16H2. The van der Waals surface area contributed by atoms with Gasteiger partial charge in [0.2, 0.25) is 15.9 Å². The fourth-order valence-corrected chi connectivity index (χ4v) is 5.20. The lowest BCUT2D eigenvalue weighted by molar-refractivity contribution is -0.138. The molecule has 0 bridgehead atoms. The number of hydrogen-bond donors (Lipinski definition) is 0. The number of sulfonamides is 1. The topological polar surface area (TPSA) is 81.5 Å². The van der Waals surface area contributed by atoms with Crippen LogP contribution in [0.2, 0.25) is 0 Å². The largest absolute Gasteiger partial charge is 0.416 e. The Bertz CT molecular complexity index is 1090. The SMILES string of the molecule is N#CCN(Cc1ccccc1)C(=O)C1CCN(S(=O)(=O)c2cccc(C(F)(F)F)c2)CC1. The van der Waals surface area contributed by atoms with Crippen LogP contribution in [-0.4, -0.2) is 43.2 Å². The van der Waals surface area contributed by atoms with E-state index in [0.29, 0.717) is 6.07 Å². The maximum atomic E-state index is 13.0. The van der Waals surface area contributed by atoms with Gasteiger partial charge in [-0.25, -0.2) is 8.42 Å². The highest BCUT2D eigenvalue weighted by Gasteiger charge is 2.36. The number of nitriles is 1. The first-order valence-corrected chi connectivity index (χ1v) is 11.4. The summed E-state index contributed by atoms with van der Waals surface area (Å²) >= 11 is 0. The van der Waals surface area contributed by atoms with Crippen LogP contribution in [0.3, 0.4) is 0 Å². The van der Waals surface area contributed by atoms with Crippen LogP contribution < -0.4 is 0 Å². The average molecular weight is 465 g/mol. The molecule has 1 fully saturated rings. The van der Waals surface area contributed by atoms with Crippen molar-refractivity contribution in [1.29, 1.82) is 5.26 Å². The van der Waals surface area contributed by atoms with E-state index in [-0.39, 0.29) is 44.9 Å². The van der Waals surface area contributed by atoms with Gasteiger partial charge in [-0.2, -0.15) is 22.7 Å². The van der Waals surface area contributed by atoms with E-state index >= 15 is 0 Å². The number of halogens is 3. The minimum absolute atomic E-state index is 0.0146. The van der Waals surface area contributed by atoms with Crippen molar-refractivity contribution >= 4 is 15.9 Å². The third-order valence-corrected chi connectivity index (χ3v) is 7.29. The Morgan fingerprint density at radius 2 is 1.75 bits per heavy atom. The van der Waals surface area contributed by atoms with E-state index < -0.39 is 32.6 Å². The summed E-state index contributed by atoms with van der Waals surface area (Å²) in [6.07, 6.45) is -4.19. The Morgan fingerprint density at radius 1 is 1.09 bits per heavy atom. The highest BCUT2D eigenvalue weighted by molar-refractivity contribution is 7.89. The molecule has 1 amide bonds. The molecule has 1 heterocycles. The molecule has 0 aromatic heterocycles. The molecule has 1 saturated heterocycles. The number of rotatable bonds is 6. The fraction of sp³-hybridized carbons (Fsp3) is 0.364. The Kier molecular flexibility index (Phi) is 7.21. The van der Waals surface area contributed by atoms with E-state index in [9.17, 15) is 26.4 Å². The number of carbonyl (C=O) groups is 1. The van der Waals surface area contributed by atoms with E-state index in [1.807, 2.05) is 36.4 Å². The van der Waals surface area contributed by atoms with E-state index in [0.717, 1.165) is 28.1 Å². The minimum Gasteiger partial charge on any atom is -0.325 e. The van der Waals surface area contributed by atoms with Gasteiger partial charge < -0.3 is 4.90 Å². The smallest absolute Gasteiger partial charge is 0.325 e. The Balaban J connectivity index is 1.68. The molecular formula is C22H22F3N3O3S. The molecule has 2 aromatic carbocycles. The van der Waals surface area contributed by atoms with Gasteiger partial charge in [-0.15, -0.1) is 0 Å². The highest BCUT2D eigenvalue weighted by Crippen LogP contribution is 2.32. The molecule has 0 atom stereocenters. The van der Waals surface area contributed by atoms with Crippen molar-refractivity contribution in [2.45, 2.75) is 30.5 Å². The van der Waals surface area contributed by atoms with Crippen LogP contribution in [0.25, 0.3) is 0 Å². The van der Waals surface area contributed by atoms with Gasteiger partial charge in [-0.3, -0.25) is 4.79 Å². The predicted octanol–water partition coefficient (Wildman–Crippen LogP) is 3.66. The minimum atomic E-state index is -4.64. The molecule has 170 valence electrons. The summed E-state index contributed by atoms with van der Waals surface area (Å²) in [4.78, 5) is 14.0. The molecular weight excluding hydrogens is 443 g/mol. The van der Waals surface area contributed by atoms with E-state index in [1.165, 1.54) is 4.90 Å². The number of benzene rings is 2. The van der Waals surface area contributed by atoms with Gasteiger partial charge in [0.15, 0.2) is 0 Å². The second-order valence-electron chi connectivity index (χ2n) is 7.54. The number of alkyl halides is 3. The number of carbonyl (C=O) groups excluding carboxylic acids is 1. The molecule has 1 aliphatic heterocycles. The first-order valence-electron chi connectivity index (χ1n) is 10.00. The van der Waals surface area contributed by atoms with Gasteiger partial charge >= 0.3 is 6.18 Å². The van der Waals surface area contributed by atoms with E-state index in [1.54, 1.807) is 0 Å². The molecule has 0 N–H and O–H groups in total. The number of nitrogens with zero attached hydrogens (tertiary/aromatic N) is 3. The summed E-state index contributed by atoms with van der Waals surface area (Å²) in [5.41, 5.74) is -0.155. The van der Waals surface area contributed by atoms with Crippen LogP contribution in [0, 0.1) is 17.2 Å². The van der Waals surface area contributed by atoms with Gasteiger partial charge in [0.05, 0.1) is 16.5 Å². The fourth-order valence-electron chi connectivity index (χ4n) is 3.68. The molecule has 0 aliphatic carbocycles. The summed E-state index contributed by atoms with van der Waals surface area (Å²) in [6, 6.07) is 14.8. The molecule has 32 heavy (non-hydrogen) atoms. The van der Waals surface area contributed by atoms with Crippen molar-refractivity contribution in [2.75, 3.05) is 19.6 Å². The molecule has 0 saturated carbocycles. The van der Waals surface area contributed by atoms with Crippen molar-refractivity contribution in [2.24, 2.45) is 5.92 Å². The quantitative estimate of drug-likeness (QED) is 0.610. The van der Waals surface area contributed by atoms with Crippen LogP contribution in [0.5, 0.6) is 0 Å². The zero-order chi connectivity index (χ0) is 23.4. The van der Waals surface area contributed by atoms with Gasteiger partial charge in [-0.05, 0) is 36.6 Å². The summed E-state index contributed by atoms with van der Waals surface area (Å²) in [5.74, 6) is -0.688. The Morgan fingerprint density at radius 3 is 2.34 bits per heavy atom. The molecule has 10 heteroatoms. The maximum Gasteiger partial charge on any atom is 0.416 e. The first-order chi connectivity index (χ1) is 15.1. The number of amides is 1. The predicted molar refractivity (Wildman–Crippen MR) is 110 cm³/mol. The summed E-state index contributed by atoms with van der Waals surface area (Å²) in [7, 11) is -4.12. The number of hydrogen-bond acceptors (Lipinski definition) is 4. The van der Waals surface area contributed by atoms with Crippen LogP contribution in [0.4, 0.5) is 13.2 Å². The molecule has 1 aliphatic rings. The lowest BCUT2D eigenvalue weighted by atomic mass is 9.96. The van der Waals surface area contributed by atoms with Crippen LogP contribution in [0.15, 0.2) is 59.5 Å². The van der Waals surface area contributed by atoms with Crippen LogP contribution >= 0.6 is 0 Å². The second kappa shape index (κ2) is 9.71. The molecule has 2 aromatic rings. The lowest BCUT2D eigenvalue weighted by Crippen LogP contribution is -2.44. The highest BCUT2D eigenvalue weighted by atomic mass is 32.2. The van der Waals surface area contributed by atoms with E-state index in [2.05, 4.69) is 0 Å². The van der Waals surface area contributed by atoms with Crippen LogP contribution in [-0.2, 0) is 27.5 Å². The zero-order valence-corrected chi connectivity index (χ0v) is 17.9. The zero-order valence-electron chi connectivity index (χ0n) is 17.1. The average Bonchev–Trinajstić information content (AvgIpc) is 2.78. The van der Waals surface area contributed by atoms with Crippen molar-refractivity contribution in [3.63, 3.8) is 0 Å². The number of piperidine rings is 1. The van der Waals surface area contributed by atoms with Crippen molar-refractivity contribution in [3.05, 3.63) is 65.7 Å². The van der Waals surface area contributed by atoms with Gasteiger partial charge in [0.25, 0.3) is 0 Å². The Labute approximate surface area is 184 Å². The van der Waals surface area contributed by atoms with E-state index in [4.69, 9.17) is 5.26 Å². The summed E-state index contributed by atoms with van der Waals surface area (Å²) < 4.78 is 65.7. The van der Waals surface area contributed by atoms with Gasteiger partial charge in [0.1, 0.15) is 6.54 Å². The maximum absolute atomic E-state index is 13.0. The first kappa shape index (κ1) is 23.8. The second-order valence-corrected chi connectivity index (χ2v) is 9.48. The molecule has 0 spiro atoms. The molecule has 0 unspecified atom stereocenters. The van der Waals surface area contributed by atoms with Crippen LogP contribution in [0.1, 0.15) is 24.0 Å². The molecule has 6 nitrogen and oxygen atoms in total. The third-order valence-electron chi connectivity index (χ3n) is 5.39. The molecule has 0 radical (unpaired) electrons. The normalized spacial score (nSPS) is 15.8. The van der Waals surface area contributed by atoms with Crippen molar-refractivity contribution < 1.29 is 26.4 Å². The van der Waals surface area contributed by atoms with Crippen molar-refractivity contribution in [3.8, 4) is 6.07 Å².